The standard InChI is InChI=1S/C35H52O4/c1-22(2)13-14-27-21-34(20-17-25(7)8)29(37)32(11,18-15-23(3)4)30(38)35(31(34)39,28(36)26(9)10)33(27,12)19-16-24(5)6/h13,15-17,26-27H,14,18-21H2,1-12H3/t27-,32-,33-,34+,35-/m0/s1. The summed E-state index contributed by atoms with van der Waals surface area (Å²) in [5.74, 6) is -2.31. The Kier molecular flexibility index (Phi) is 9.80. The van der Waals surface area contributed by atoms with Gasteiger partial charge in [0.05, 0.1) is 10.8 Å². The molecule has 2 aliphatic rings. The Morgan fingerprint density at radius 3 is 1.64 bits per heavy atom. The minimum Gasteiger partial charge on any atom is -0.298 e. The topological polar surface area (TPSA) is 68.3 Å². The summed E-state index contributed by atoms with van der Waals surface area (Å²) in [5, 5.41) is 0. The third-order valence-corrected chi connectivity index (χ3v) is 9.32. The molecule has 2 saturated carbocycles. The van der Waals surface area contributed by atoms with Crippen molar-refractivity contribution in [1.82, 2.24) is 0 Å². The van der Waals surface area contributed by atoms with Crippen LogP contribution in [0.15, 0.2) is 46.6 Å². The molecule has 2 aliphatic carbocycles. The monoisotopic (exact) mass is 536 g/mol. The van der Waals surface area contributed by atoms with Crippen LogP contribution in [0.5, 0.6) is 0 Å². The van der Waals surface area contributed by atoms with E-state index in [0.717, 1.165) is 22.3 Å². The fourth-order valence-electron chi connectivity index (χ4n) is 6.90. The molecule has 2 fully saturated rings. The number of hydrogen-bond acceptors (Lipinski definition) is 4. The Bertz CT molecular complexity index is 1140. The highest BCUT2D eigenvalue weighted by Gasteiger charge is 2.80. The summed E-state index contributed by atoms with van der Waals surface area (Å²) in [6, 6.07) is 0. The van der Waals surface area contributed by atoms with Gasteiger partial charge in [-0.05, 0) is 100 Å². The van der Waals surface area contributed by atoms with Gasteiger partial charge >= 0.3 is 0 Å². The first kappa shape index (κ1) is 32.8. The molecule has 0 N–H and O–H groups in total. The zero-order chi connectivity index (χ0) is 30.1. The zero-order valence-corrected chi connectivity index (χ0v) is 26.6. The van der Waals surface area contributed by atoms with Gasteiger partial charge in [-0.25, -0.2) is 0 Å². The number of rotatable bonds is 10. The lowest BCUT2D eigenvalue weighted by atomic mass is 9.34. The van der Waals surface area contributed by atoms with Crippen LogP contribution in [0, 0.1) is 33.5 Å². The lowest BCUT2D eigenvalue weighted by Gasteiger charge is -2.63. The van der Waals surface area contributed by atoms with E-state index in [4.69, 9.17) is 0 Å². The van der Waals surface area contributed by atoms with Gasteiger partial charge < -0.3 is 0 Å². The fraction of sp³-hybridized carbons (Fsp3) is 0.657. The largest absolute Gasteiger partial charge is 0.298 e. The molecule has 0 saturated heterocycles. The molecule has 0 amide bonds. The van der Waals surface area contributed by atoms with Gasteiger partial charge in [0, 0.05) is 11.3 Å². The Labute approximate surface area is 237 Å². The van der Waals surface area contributed by atoms with Crippen molar-refractivity contribution in [2.75, 3.05) is 0 Å². The van der Waals surface area contributed by atoms with E-state index in [-0.39, 0.29) is 30.3 Å². The molecule has 4 heteroatoms. The molecule has 0 aromatic rings. The van der Waals surface area contributed by atoms with Crippen molar-refractivity contribution in [2.45, 2.75) is 115 Å². The summed E-state index contributed by atoms with van der Waals surface area (Å²) in [4.78, 5) is 59.4. The molecule has 39 heavy (non-hydrogen) atoms. The lowest BCUT2D eigenvalue weighted by molar-refractivity contribution is -0.194. The van der Waals surface area contributed by atoms with Gasteiger partial charge in [0.15, 0.2) is 28.5 Å². The summed E-state index contributed by atoms with van der Waals surface area (Å²) in [6.07, 6.45) is 9.87. The molecule has 2 bridgehead atoms. The van der Waals surface area contributed by atoms with E-state index in [1.165, 1.54) is 0 Å². The summed E-state index contributed by atoms with van der Waals surface area (Å²) in [5.41, 5.74) is -1.52. The normalized spacial score (nSPS) is 32.0. The minimum atomic E-state index is -1.89. The number of fused-ring (bicyclic) bond motifs is 2. The van der Waals surface area contributed by atoms with Gasteiger partial charge in [0.1, 0.15) is 0 Å². The maximum atomic E-state index is 15.1. The molecular weight excluding hydrogens is 484 g/mol. The van der Waals surface area contributed by atoms with Crippen molar-refractivity contribution in [2.24, 2.45) is 33.5 Å². The van der Waals surface area contributed by atoms with Gasteiger partial charge in [0.25, 0.3) is 0 Å². The van der Waals surface area contributed by atoms with Gasteiger partial charge in [-0.3, -0.25) is 19.2 Å². The van der Waals surface area contributed by atoms with Crippen LogP contribution in [0.25, 0.3) is 0 Å². The summed E-state index contributed by atoms with van der Waals surface area (Å²) in [6.45, 7) is 23.1. The SMILES string of the molecule is CC(C)=CC[C@H]1C[C@]2(CC=C(C)C)C(=O)[C@](C)(CC=C(C)C)C(=O)[C@@](C(=O)C(C)C)(C2=O)[C@@]1(C)CC=C(C)C. The number of Topliss-reactive ketones (excluding diaryl/α,β-unsaturated/α-hetero) is 4. The summed E-state index contributed by atoms with van der Waals surface area (Å²) in [7, 11) is 0. The fourth-order valence-corrected chi connectivity index (χ4v) is 6.90. The highest BCUT2D eigenvalue weighted by atomic mass is 16.2. The number of ketones is 4. The third kappa shape index (κ3) is 5.37. The third-order valence-electron chi connectivity index (χ3n) is 9.32. The second kappa shape index (κ2) is 11.6. The Balaban J connectivity index is 3.16. The van der Waals surface area contributed by atoms with Crippen molar-refractivity contribution in [1.29, 1.82) is 0 Å². The maximum absolute atomic E-state index is 15.1. The number of carbonyl (C=O) groups excluding carboxylic acids is 4. The highest BCUT2D eigenvalue weighted by molar-refractivity contribution is 6.40. The second-order valence-electron chi connectivity index (χ2n) is 14.0. The number of hydrogen-bond donors (Lipinski definition) is 0. The van der Waals surface area contributed by atoms with E-state index in [0.29, 0.717) is 19.3 Å². The first-order valence-corrected chi connectivity index (χ1v) is 14.6. The Hall–Kier alpha value is -2.36. The second-order valence-corrected chi connectivity index (χ2v) is 14.0. The molecule has 0 unspecified atom stereocenters. The predicted molar refractivity (Wildman–Crippen MR) is 160 cm³/mol. The highest BCUT2D eigenvalue weighted by Crippen LogP contribution is 2.68. The van der Waals surface area contributed by atoms with Crippen LogP contribution in [0.1, 0.15) is 115 Å². The van der Waals surface area contributed by atoms with E-state index in [9.17, 15) is 9.59 Å². The molecule has 0 heterocycles. The minimum absolute atomic E-state index is 0.196. The Morgan fingerprint density at radius 2 is 1.18 bits per heavy atom. The van der Waals surface area contributed by atoms with Crippen molar-refractivity contribution < 1.29 is 19.2 Å². The zero-order valence-electron chi connectivity index (χ0n) is 26.6. The molecule has 0 aliphatic heterocycles. The van der Waals surface area contributed by atoms with Crippen LogP contribution in [0.4, 0.5) is 0 Å². The first-order valence-electron chi connectivity index (χ1n) is 14.6. The smallest absolute Gasteiger partial charge is 0.168 e. The molecule has 216 valence electrons. The molecular formula is C35H52O4. The molecule has 0 radical (unpaired) electrons. The average molecular weight is 537 g/mol. The van der Waals surface area contributed by atoms with Crippen molar-refractivity contribution in [3.63, 3.8) is 0 Å². The number of carbonyl (C=O) groups is 4. The lowest BCUT2D eigenvalue weighted by Crippen LogP contribution is -2.77. The van der Waals surface area contributed by atoms with Crippen molar-refractivity contribution in [3.05, 3.63) is 46.6 Å². The van der Waals surface area contributed by atoms with Crippen LogP contribution < -0.4 is 0 Å². The summed E-state index contributed by atoms with van der Waals surface area (Å²) < 4.78 is 0. The van der Waals surface area contributed by atoms with Crippen molar-refractivity contribution >= 4 is 23.1 Å². The molecule has 0 aromatic heterocycles. The quantitative estimate of drug-likeness (QED) is 0.208. The molecule has 0 spiro atoms. The number of allylic oxidation sites excluding steroid dienone is 8. The van der Waals surface area contributed by atoms with E-state index >= 15 is 9.59 Å². The van der Waals surface area contributed by atoms with Crippen LogP contribution in [0.3, 0.4) is 0 Å². The maximum Gasteiger partial charge on any atom is 0.168 e. The Morgan fingerprint density at radius 1 is 0.718 bits per heavy atom. The molecule has 2 rings (SSSR count). The van der Waals surface area contributed by atoms with E-state index < -0.39 is 39.1 Å². The van der Waals surface area contributed by atoms with Gasteiger partial charge in [-0.1, -0.05) is 67.4 Å². The van der Waals surface area contributed by atoms with E-state index in [1.54, 1.807) is 20.8 Å². The van der Waals surface area contributed by atoms with Gasteiger partial charge in [0.2, 0.25) is 0 Å². The van der Waals surface area contributed by atoms with E-state index in [2.05, 4.69) is 12.2 Å². The first-order chi connectivity index (χ1) is 17.8. The molecule has 4 nitrogen and oxygen atoms in total. The van der Waals surface area contributed by atoms with Crippen molar-refractivity contribution in [3.8, 4) is 0 Å². The van der Waals surface area contributed by atoms with Crippen LogP contribution >= 0.6 is 0 Å². The summed E-state index contributed by atoms with van der Waals surface area (Å²) >= 11 is 0. The van der Waals surface area contributed by atoms with Crippen LogP contribution in [-0.2, 0) is 19.2 Å². The van der Waals surface area contributed by atoms with Crippen LogP contribution in [0.2, 0.25) is 0 Å². The van der Waals surface area contributed by atoms with Crippen LogP contribution in [-0.4, -0.2) is 23.1 Å². The molecule has 5 atom stereocenters. The molecule has 0 aromatic carbocycles. The van der Waals surface area contributed by atoms with Gasteiger partial charge in [-0.2, -0.15) is 0 Å². The average Bonchev–Trinajstić information content (AvgIpc) is 2.83. The predicted octanol–water partition coefficient (Wildman–Crippen LogP) is 8.36. The van der Waals surface area contributed by atoms with Gasteiger partial charge in [-0.15, -0.1) is 0 Å². The van der Waals surface area contributed by atoms with E-state index in [1.807, 2.05) is 74.5 Å².